The minimum atomic E-state index is -0.114. The number of para-hydroxylation sites is 1. The molecule has 0 unspecified atom stereocenters. The Morgan fingerprint density at radius 1 is 0.929 bits per heavy atom. The zero-order valence-corrected chi connectivity index (χ0v) is 16.6. The average molecular weight is 375 g/mol. The maximum atomic E-state index is 11.2. The highest BCUT2D eigenvalue weighted by Gasteiger charge is 2.17. The highest BCUT2D eigenvalue weighted by molar-refractivity contribution is 5.89. The second-order valence-corrected chi connectivity index (χ2v) is 7.57. The van der Waals surface area contributed by atoms with E-state index >= 15 is 0 Å². The van der Waals surface area contributed by atoms with Gasteiger partial charge in [0.1, 0.15) is 5.82 Å². The van der Waals surface area contributed by atoms with Gasteiger partial charge in [0.05, 0.1) is 0 Å². The molecule has 1 amide bonds. The van der Waals surface area contributed by atoms with Crippen LogP contribution in [0.3, 0.4) is 0 Å². The lowest BCUT2D eigenvalue weighted by molar-refractivity contribution is -0.114. The Balaban J connectivity index is 1.80. The Labute approximate surface area is 165 Å². The molecule has 144 valence electrons. The summed E-state index contributed by atoms with van der Waals surface area (Å²) in [7, 11) is 0. The van der Waals surface area contributed by atoms with Crippen LogP contribution in [0, 0.1) is 0 Å². The van der Waals surface area contributed by atoms with E-state index in [1.807, 2.05) is 48.5 Å². The summed E-state index contributed by atoms with van der Waals surface area (Å²) < 4.78 is 0. The molecule has 0 aliphatic carbocycles. The Morgan fingerprint density at radius 2 is 1.68 bits per heavy atom. The minimum absolute atomic E-state index is 0.0157. The van der Waals surface area contributed by atoms with E-state index in [1.54, 1.807) is 6.20 Å². The molecule has 3 aromatic rings. The van der Waals surface area contributed by atoms with Crippen LogP contribution in [-0.4, -0.2) is 15.9 Å². The van der Waals surface area contributed by atoms with E-state index < -0.39 is 0 Å². The standard InChI is InChI=1S/C22H25N5O/c1-15(28)24-16-8-7-9-17(14-16)25-21-23-13-12-20(27-21)26-19-11-6-5-10-18(19)22(2,3)4/h5-14H,1-4H3,(H,24,28)(H2,23,25,26,27). The first kappa shape index (κ1) is 19.4. The molecule has 6 nitrogen and oxygen atoms in total. The number of carbonyl (C=O) groups is 1. The van der Waals surface area contributed by atoms with Crippen LogP contribution in [0.25, 0.3) is 0 Å². The summed E-state index contributed by atoms with van der Waals surface area (Å²) in [4.78, 5) is 20.1. The third-order valence-corrected chi connectivity index (χ3v) is 4.09. The van der Waals surface area contributed by atoms with Crippen LogP contribution < -0.4 is 16.0 Å². The SMILES string of the molecule is CC(=O)Nc1cccc(Nc2nccc(Nc3ccccc3C(C)(C)C)n2)c1. The maximum Gasteiger partial charge on any atom is 0.229 e. The van der Waals surface area contributed by atoms with Crippen molar-refractivity contribution in [2.75, 3.05) is 16.0 Å². The topological polar surface area (TPSA) is 78.9 Å². The molecule has 1 heterocycles. The number of nitrogens with one attached hydrogen (secondary N) is 3. The van der Waals surface area contributed by atoms with E-state index in [1.165, 1.54) is 12.5 Å². The van der Waals surface area contributed by atoms with Crippen LogP contribution in [0.1, 0.15) is 33.3 Å². The Morgan fingerprint density at radius 3 is 2.43 bits per heavy atom. The van der Waals surface area contributed by atoms with Gasteiger partial charge in [-0.1, -0.05) is 45.0 Å². The van der Waals surface area contributed by atoms with Crippen molar-refractivity contribution in [2.24, 2.45) is 0 Å². The summed E-state index contributed by atoms with van der Waals surface area (Å²) in [6.45, 7) is 8.03. The quantitative estimate of drug-likeness (QED) is 0.570. The van der Waals surface area contributed by atoms with Crippen molar-refractivity contribution in [3.8, 4) is 0 Å². The molecular weight excluding hydrogens is 350 g/mol. The zero-order valence-electron chi connectivity index (χ0n) is 16.6. The van der Waals surface area contributed by atoms with Crippen LogP contribution in [-0.2, 0) is 10.2 Å². The van der Waals surface area contributed by atoms with E-state index in [2.05, 4.69) is 52.8 Å². The molecule has 0 aliphatic heterocycles. The number of benzene rings is 2. The second kappa shape index (κ2) is 8.08. The first-order chi connectivity index (χ1) is 13.3. The van der Waals surface area contributed by atoms with Crippen molar-refractivity contribution in [3.05, 3.63) is 66.4 Å². The Bertz CT molecular complexity index is 978. The number of rotatable bonds is 5. The van der Waals surface area contributed by atoms with Crippen molar-refractivity contribution in [2.45, 2.75) is 33.1 Å². The van der Waals surface area contributed by atoms with Gasteiger partial charge in [-0.3, -0.25) is 4.79 Å². The predicted octanol–water partition coefficient (Wildman–Crippen LogP) is 5.22. The third-order valence-electron chi connectivity index (χ3n) is 4.09. The first-order valence-corrected chi connectivity index (χ1v) is 9.15. The van der Waals surface area contributed by atoms with Crippen LogP contribution in [0.15, 0.2) is 60.8 Å². The first-order valence-electron chi connectivity index (χ1n) is 9.15. The van der Waals surface area contributed by atoms with Crippen LogP contribution in [0.5, 0.6) is 0 Å². The van der Waals surface area contributed by atoms with Crippen molar-refractivity contribution >= 4 is 34.7 Å². The van der Waals surface area contributed by atoms with Gasteiger partial charge in [-0.25, -0.2) is 4.98 Å². The van der Waals surface area contributed by atoms with Crippen molar-refractivity contribution in [1.29, 1.82) is 0 Å². The fourth-order valence-corrected chi connectivity index (χ4v) is 2.88. The maximum absolute atomic E-state index is 11.2. The third kappa shape index (κ3) is 5.07. The second-order valence-electron chi connectivity index (χ2n) is 7.57. The molecule has 0 fully saturated rings. The number of hydrogen-bond donors (Lipinski definition) is 3. The van der Waals surface area contributed by atoms with E-state index in [0.717, 1.165) is 11.4 Å². The molecule has 0 saturated heterocycles. The zero-order chi connectivity index (χ0) is 20.1. The van der Waals surface area contributed by atoms with Crippen LogP contribution >= 0.6 is 0 Å². The summed E-state index contributed by atoms with van der Waals surface area (Å²) in [6.07, 6.45) is 1.70. The van der Waals surface area contributed by atoms with Gasteiger partial charge < -0.3 is 16.0 Å². The molecule has 0 atom stereocenters. The Hall–Kier alpha value is -3.41. The summed E-state index contributed by atoms with van der Waals surface area (Å²) >= 11 is 0. The lowest BCUT2D eigenvalue weighted by atomic mass is 9.86. The van der Waals surface area contributed by atoms with E-state index in [9.17, 15) is 4.79 Å². The fraction of sp³-hybridized carbons (Fsp3) is 0.227. The number of nitrogens with zero attached hydrogens (tertiary/aromatic N) is 2. The molecule has 3 rings (SSSR count). The number of anilines is 5. The Kier molecular flexibility index (Phi) is 5.59. The van der Waals surface area contributed by atoms with Gasteiger partial charge in [0.25, 0.3) is 0 Å². The van der Waals surface area contributed by atoms with Crippen LogP contribution in [0.4, 0.5) is 28.8 Å². The van der Waals surface area contributed by atoms with Gasteiger partial charge >= 0.3 is 0 Å². The molecule has 3 N–H and O–H groups in total. The normalized spacial score (nSPS) is 11.0. The monoisotopic (exact) mass is 375 g/mol. The molecule has 0 spiro atoms. The summed E-state index contributed by atoms with van der Waals surface area (Å²) in [6, 6.07) is 17.5. The molecule has 6 heteroatoms. The lowest BCUT2D eigenvalue weighted by Gasteiger charge is -2.23. The number of carbonyl (C=O) groups excluding carboxylic acids is 1. The predicted molar refractivity (Wildman–Crippen MR) is 114 cm³/mol. The van der Waals surface area contributed by atoms with Gasteiger partial charge in [-0.05, 0) is 41.3 Å². The van der Waals surface area contributed by atoms with Gasteiger partial charge in [-0.15, -0.1) is 0 Å². The van der Waals surface area contributed by atoms with Gasteiger partial charge in [0.15, 0.2) is 0 Å². The van der Waals surface area contributed by atoms with Gasteiger partial charge in [0, 0.05) is 30.2 Å². The molecule has 1 aromatic heterocycles. The van der Waals surface area contributed by atoms with Crippen molar-refractivity contribution in [3.63, 3.8) is 0 Å². The molecule has 0 aliphatic rings. The van der Waals surface area contributed by atoms with E-state index in [0.29, 0.717) is 17.5 Å². The summed E-state index contributed by atoms with van der Waals surface area (Å²) in [5, 5.41) is 9.33. The molecular formula is C22H25N5O. The fourth-order valence-electron chi connectivity index (χ4n) is 2.88. The average Bonchev–Trinajstić information content (AvgIpc) is 2.61. The molecule has 28 heavy (non-hydrogen) atoms. The minimum Gasteiger partial charge on any atom is -0.340 e. The molecule has 0 radical (unpaired) electrons. The number of amides is 1. The smallest absolute Gasteiger partial charge is 0.229 e. The lowest BCUT2D eigenvalue weighted by Crippen LogP contribution is -2.13. The number of aromatic nitrogens is 2. The summed E-state index contributed by atoms with van der Waals surface area (Å²) in [5.74, 6) is 1.06. The molecule has 0 saturated carbocycles. The van der Waals surface area contributed by atoms with Gasteiger partial charge in [-0.2, -0.15) is 4.98 Å². The molecule has 0 bridgehead atoms. The van der Waals surface area contributed by atoms with Crippen LogP contribution in [0.2, 0.25) is 0 Å². The highest BCUT2D eigenvalue weighted by Crippen LogP contribution is 2.31. The number of hydrogen-bond acceptors (Lipinski definition) is 5. The summed E-state index contributed by atoms with van der Waals surface area (Å²) in [5.41, 5.74) is 3.75. The van der Waals surface area contributed by atoms with Crippen molar-refractivity contribution in [1.82, 2.24) is 9.97 Å². The van der Waals surface area contributed by atoms with E-state index in [-0.39, 0.29) is 11.3 Å². The van der Waals surface area contributed by atoms with Crippen molar-refractivity contribution < 1.29 is 4.79 Å². The molecule has 2 aromatic carbocycles. The van der Waals surface area contributed by atoms with Gasteiger partial charge in [0.2, 0.25) is 11.9 Å². The van der Waals surface area contributed by atoms with E-state index in [4.69, 9.17) is 0 Å². The largest absolute Gasteiger partial charge is 0.340 e. The highest BCUT2D eigenvalue weighted by atomic mass is 16.1.